The summed E-state index contributed by atoms with van der Waals surface area (Å²) >= 11 is 0. The minimum absolute atomic E-state index is 0.217. The van der Waals surface area contributed by atoms with E-state index in [0.717, 1.165) is 5.57 Å². The zero-order valence-corrected chi connectivity index (χ0v) is 9.00. The number of nitrogens with zero attached hydrogens (tertiary/aromatic N) is 1. The van der Waals surface area contributed by atoms with Crippen LogP contribution in [-0.4, -0.2) is 36.5 Å². The summed E-state index contributed by atoms with van der Waals surface area (Å²) < 4.78 is 4.61. The molecule has 0 saturated heterocycles. The zero-order valence-electron chi connectivity index (χ0n) is 9.00. The lowest BCUT2D eigenvalue weighted by atomic mass is 10.3. The van der Waals surface area contributed by atoms with Crippen LogP contribution in [0.2, 0.25) is 0 Å². The maximum Gasteiger partial charge on any atom is 0.397 e. The molecule has 0 aliphatic carbocycles. The van der Waals surface area contributed by atoms with Gasteiger partial charge in [-0.05, 0) is 20.8 Å². The maximum absolute atomic E-state index is 11.4. The molecule has 0 spiro atoms. The number of ether oxygens (including phenoxy) is 1. The second-order valence-corrected chi connectivity index (χ2v) is 3.00. The largest absolute Gasteiger partial charge is 0.459 e. The van der Waals surface area contributed by atoms with Gasteiger partial charge in [0.1, 0.15) is 0 Å². The summed E-state index contributed by atoms with van der Waals surface area (Å²) in [4.78, 5) is 23.9. The average Bonchev–Trinajstić information content (AvgIpc) is 2.13. The number of rotatable bonds is 4. The van der Waals surface area contributed by atoms with E-state index in [4.69, 9.17) is 0 Å². The first-order valence-electron chi connectivity index (χ1n) is 4.63. The lowest BCUT2D eigenvalue weighted by molar-refractivity contribution is -0.159. The lowest BCUT2D eigenvalue weighted by Gasteiger charge is -2.19. The first-order valence-corrected chi connectivity index (χ1v) is 4.63. The monoisotopic (exact) mass is 199 g/mol. The minimum atomic E-state index is -0.796. The summed E-state index contributed by atoms with van der Waals surface area (Å²) in [5, 5.41) is 0. The molecular weight excluding hydrogens is 182 g/mol. The van der Waals surface area contributed by atoms with Crippen LogP contribution in [0.3, 0.4) is 0 Å². The van der Waals surface area contributed by atoms with Crippen LogP contribution in [0.5, 0.6) is 0 Å². The van der Waals surface area contributed by atoms with Crippen molar-refractivity contribution in [2.24, 2.45) is 0 Å². The molecule has 14 heavy (non-hydrogen) atoms. The van der Waals surface area contributed by atoms with Gasteiger partial charge in [-0.2, -0.15) is 0 Å². The second-order valence-electron chi connectivity index (χ2n) is 3.00. The summed E-state index contributed by atoms with van der Waals surface area (Å²) in [5.74, 6) is -1.40. The molecule has 80 valence electrons. The highest BCUT2D eigenvalue weighted by Gasteiger charge is 2.21. The molecule has 0 N–H and O–H groups in total. The highest BCUT2D eigenvalue weighted by molar-refractivity contribution is 6.32. The van der Waals surface area contributed by atoms with Gasteiger partial charge in [-0.25, -0.2) is 4.79 Å². The fraction of sp³-hybridized carbons (Fsp3) is 0.600. The van der Waals surface area contributed by atoms with E-state index in [9.17, 15) is 9.59 Å². The quantitative estimate of drug-likeness (QED) is 0.385. The van der Waals surface area contributed by atoms with Crippen molar-refractivity contribution >= 4 is 11.9 Å². The standard InChI is InChI=1S/C10H17NO3/c1-5-11(7-8(3)4)9(12)10(13)14-6-2/h3,5-7H2,1-2,4H3. The molecule has 0 saturated carbocycles. The highest BCUT2D eigenvalue weighted by Crippen LogP contribution is 1.97. The van der Waals surface area contributed by atoms with E-state index in [0.29, 0.717) is 13.1 Å². The zero-order chi connectivity index (χ0) is 11.1. The molecule has 0 aromatic rings. The Balaban J connectivity index is 4.30. The fourth-order valence-electron chi connectivity index (χ4n) is 0.975. The lowest BCUT2D eigenvalue weighted by Crippen LogP contribution is -2.38. The van der Waals surface area contributed by atoms with Crippen molar-refractivity contribution < 1.29 is 14.3 Å². The molecule has 4 heteroatoms. The summed E-state index contributed by atoms with van der Waals surface area (Å²) in [6, 6.07) is 0. The molecule has 0 atom stereocenters. The van der Waals surface area contributed by atoms with E-state index in [1.165, 1.54) is 4.90 Å². The van der Waals surface area contributed by atoms with E-state index >= 15 is 0 Å². The third kappa shape index (κ3) is 4.07. The molecule has 4 nitrogen and oxygen atoms in total. The van der Waals surface area contributed by atoms with Crippen LogP contribution in [-0.2, 0) is 14.3 Å². The van der Waals surface area contributed by atoms with Crippen molar-refractivity contribution in [1.82, 2.24) is 4.90 Å². The van der Waals surface area contributed by atoms with Gasteiger partial charge in [0.05, 0.1) is 6.61 Å². The Morgan fingerprint density at radius 2 is 1.93 bits per heavy atom. The Hall–Kier alpha value is -1.32. The third-order valence-electron chi connectivity index (χ3n) is 1.58. The molecule has 0 aliphatic heterocycles. The Morgan fingerprint density at radius 1 is 1.36 bits per heavy atom. The summed E-state index contributed by atoms with van der Waals surface area (Å²) in [6.45, 7) is 10.1. The van der Waals surface area contributed by atoms with E-state index in [2.05, 4.69) is 11.3 Å². The Morgan fingerprint density at radius 3 is 2.29 bits per heavy atom. The van der Waals surface area contributed by atoms with Gasteiger partial charge in [0.2, 0.25) is 0 Å². The fourth-order valence-corrected chi connectivity index (χ4v) is 0.975. The number of likely N-dealkylation sites (N-methyl/N-ethyl adjacent to an activating group) is 1. The SMILES string of the molecule is C=C(C)CN(CC)C(=O)C(=O)OCC. The van der Waals surface area contributed by atoms with E-state index in [1.807, 2.05) is 0 Å². The molecule has 0 heterocycles. The second kappa shape index (κ2) is 6.18. The number of amides is 1. The summed E-state index contributed by atoms with van der Waals surface area (Å²) in [6.07, 6.45) is 0. The minimum Gasteiger partial charge on any atom is -0.459 e. The number of hydrogen-bond donors (Lipinski definition) is 0. The van der Waals surface area contributed by atoms with E-state index in [1.54, 1.807) is 20.8 Å². The van der Waals surface area contributed by atoms with Crippen LogP contribution >= 0.6 is 0 Å². The number of esters is 1. The van der Waals surface area contributed by atoms with Crippen molar-refractivity contribution in [3.8, 4) is 0 Å². The van der Waals surface area contributed by atoms with Crippen LogP contribution < -0.4 is 0 Å². The highest BCUT2D eigenvalue weighted by atomic mass is 16.5. The summed E-state index contributed by atoms with van der Waals surface area (Å²) in [7, 11) is 0. The normalized spacial score (nSPS) is 9.36. The molecule has 0 rings (SSSR count). The van der Waals surface area contributed by atoms with Crippen LogP contribution in [0.25, 0.3) is 0 Å². The first kappa shape index (κ1) is 12.7. The molecule has 0 aliphatic rings. The molecule has 0 fully saturated rings. The molecule has 0 radical (unpaired) electrons. The summed E-state index contributed by atoms with van der Waals surface area (Å²) in [5.41, 5.74) is 0.837. The Bertz CT molecular complexity index is 236. The molecular formula is C10H17NO3. The number of carbonyl (C=O) groups is 2. The van der Waals surface area contributed by atoms with Gasteiger partial charge in [0.25, 0.3) is 0 Å². The molecule has 0 aromatic carbocycles. The van der Waals surface area contributed by atoms with E-state index < -0.39 is 11.9 Å². The first-order chi connectivity index (χ1) is 6.52. The van der Waals surface area contributed by atoms with Gasteiger partial charge in [0.15, 0.2) is 0 Å². The van der Waals surface area contributed by atoms with Gasteiger partial charge in [-0.15, -0.1) is 0 Å². The van der Waals surface area contributed by atoms with Crippen molar-refractivity contribution in [3.63, 3.8) is 0 Å². The van der Waals surface area contributed by atoms with Crippen molar-refractivity contribution in [2.75, 3.05) is 19.7 Å². The number of carbonyl (C=O) groups excluding carboxylic acids is 2. The van der Waals surface area contributed by atoms with Gasteiger partial charge in [0, 0.05) is 13.1 Å². The predicted molar refractivity (Wildman–Crippen MR) is 53.7 cm³/mol. The molecule has 0 bridgehead atoms. The topological polar surface area (TPSA) is 46.6 Å². The van der Waals surface area contributed by atoms with Crippen LogP contribution in [0.1, 0.15) is 20.8 Å². The average molecular weight is 199 g/mol. The predicted octanol–water partition coefficient (Wildman–Crippen LogP) is 0.974. The van der Waals surface area contributed by atoms with Gasteiger partial charge in [-0.3, -0.25) is 4.79 Å². The molecule has 0 unspecified atom stereocenters. The molecule has 0 aromatic heterocycles. The number of hydrogen-bond acceptors (Lipinski definition) is 3. The van der Waals surface area contributed by atoms with Crippen molar-refractivity contribution in [3.05, 3.63) is 12.2 Å². The van der Waals surface area contributed by atoms with Crippen LogP contribution in [0.4, 0.5) is 0 Å². The van der Waals surface area contributed by atoms with Crippen LogP contribution in [0, 0.1) is 0 Å². The van der Waals surface area contributed by atoms with E-state index in [-0.39, 0.29) is 6.61 Å². The third-order valence-corrected chi connectivity index (χ3v) is 1.58. The molecule has 1 amide bonds. The maximum atomic E-state index is 11.4. The Kier molecular flexibility index (Phi) is 5.60. The van der Waals surface area contributed by atoms with Gasteiger partial charge >= 0.3 is 11.9 Å². The van der Waals surface area contributed by atoms with Gasteiger partial charge in [-0.1, -0.05) is 12.2 Å². The van der Waals surface area contributed by atoms with Crippen molar-refractivity contribution in [2.45, 2.75) is 20.8 Å². The smallest absolute Gasteiger partial charge is 0.397 e. The van der Waals surface area contributed by atoms with Crippen molar-refractivity contribution in [1.29, 1.82) is 0 Å². The van der Waals surface area contributed by atoms with Crippen LogP contribution in [0.15, 0.2) is 12.2 Å². The van der Waals surface area contributed by atoms with Gasteiger partial charge < -0.3 is 9.64 Å². The Labute approximate surface area is 84.5 Å².